The summed E-state index contributed by atoms with van der Waals surface area (Å²) in [5.41, 5.74) is 4.71. The minimum absolute atomic E-state index is 0.700. The fraction of sp³-hybridized carbons (Fsp3) is 0.625. The monoisotopic (exact) mass is 216 g/mol. The molecule has 16 heavy (non-hydrogen) atoms. The maximum atomic E-state index is 2.40. The second-order valence-electron chi connectivity index (χ2n) is 5.50. The Balaban J connectivity index is 2.31. The van der Waals surface area contributed by atoms with E-state index in [2.05, 4.69) is 45.9 Å². The zero-order valence-corrected chi connectivity index (χ0v) is 11.1. The van der Waals surface area contributed by atoms with Crippen molar-refractivity contribution in [2.75, 3.05) is 0 Å². The Morgan fingerprint density at radius 1 is 1.19 bits per heavy atom. The molecule has 0 N–H and O–H groups in total. The van der Waals surface area contributed by atoms with Gasteiger partial charge in [-0.2, -0.15) is 0 Å². The summed E-state index contributed by atoms with van der Waals surface area (Å²) in [7, 11) is 0. The summed E-state index contributed by atoms with van der Waals surface area (Å²) in [4.78, 5) is 0. The van der Waals surface area contributed by atoms with E-state index in [1.807, 2.05) is 0 Å². The first kappa shape index (κ1) is 11.7. The largest absolute Gasteiger partial charge is 0.0648 e. The highest BCUT2D eigenvalue weighted by atomic mass is 14.3. The highest BCUT2D eigenvalue weighted by Gasteiger charge is 2.30. The van der Waals surface area contributed by atoms with Crippen LogP contribution in [0.15, 0.2) is 18.2 Å². The SMILES string of the molecule is CCC(C)c1cccc(C(C)C2CC2)c1C. The van der Waals surface area contributed by atoms with E-state index in [-0.39, 0.29) is 0 Å². The highest BCUT2D eigenvalue weighted by Crippen LogP contribution is 2.43. The van der Waals surface area contributed by atoms with Gasteiger partial charge in [0, 0.05) is 0 Å². The summed E-state index contributed by atoms with van der Waals surface area (Å²) in [6, 6.07) is 6.90. The molecule has 88 valence electrons. The smallest absolute Gasteiger partial charge is 0.0159 e. The molecule has 0 radical (unpaired) electrons. The van der Waals surface area contributed by atoms with E-state index in [0.29, 0.717) is 5.92 Å². The first-order valence-corrected chi connectivity index (χ1v) is 6.74. The highest BCUT2D eigenvalue weighted by molar-refractivity contribution is 5.38. The Morgan fingerprint density at radius 3 is 2.38 bits per heavy atom. The molecule has 1 aromatic rings. The third-order valence-corrected chi connectivity index (χ3v) is 4.38. The molecule has 1 fully saturated rings. The van der Waals surface area contributed by atoms with Crippen molar-refractivity contribution >= 4 is 0 Å². The van der Waals surface area contributed by atoms with Gasteiger partial charge in [-0.05, 0) is 60.6 Å². The fourth-order valence-corrected chi connectivity index (χ4v) is 2.77. The van der Waals surface area contributed by atoms with Crippen molar-refractivity contribution in [3.63, 3.8) is 0 Å². The summed E-state index contributed by atoms with van der Waals surface area (Å²) in [6.45, 7) is 9.34. The molecule has 1 aliphatic rings. The summed E-state index contributed by atoms with van der Waals surface area (Å²) >= 11 is 0. The molecule has 0 aliphatic heterocycles. The summed E-state index contributed by atoms with van der Waals surface area (Å²) < 4.78 is 0. The molecule has 0 amide bonds. The van der Waals surface area contributed by atoms with Crippen LogP contribution in [-0.2, 0) is 0 Å². The predicted molar refractivity (Wildman–Crippen MR) is 71.0 cm³/mol. The zero-order chi connectivity index (χ0) is 11.7. The normalized spacial score (nSPS) is 19.5. The predicted octanol–water partition coefficient (Wildman–Crippen LogP) is 5.02. The second kappa shape index (κ2) is 4.61. The molecule has 0 aromatic heterocycles. The van der Waals surface area contributed by atoms with Crippen LogP contribution in [0, 0.1) is 12.8 Å². The lowest BCUT2D eigenvalue weighted by Gasteiger charge is -2.19. The van der Waals surface area contributed by atoms with Crippen LogP contribution in [0.5, 0.6) is 0 Å². The molecule has 0 heterocycles. The molecule has 0 saturated heterocycles. The van der Waals surface area contributed by atoms with Crippen molar-refractivity contribution in [2.24, 2.45) is 5.92 Å². The summed E-state index contributed by atoms with van der Waals surface area (Å²) in [5, 5.41) is 0. The van der Waals surface area contributed by atoms with Crippen molar-refractivity contribution in [3.05, 3.63) is 34.9 Å². The summed E-state index contributed by atoms with van der Waals surface area (Å²) in [5.74, 6) is 2.43. The van der Waals surface area contributed by atoms with Gasteiger partial charge in [0.1, 0.15) is 0 Å². The van der Waals surface area contributed by atoms with Crippen molar-refractivity contribution in [1.82, 2.24) is 0 Å². The van der Waals surface area contributed by atoms with Crippen LogP contribution in [-0.4, -0.2) is 0 Å². The van der Waals surface area contributed by atoms with Crippen LogP contribution in [0.1, 0.15) is 68.6 Å². The van der Waals surface area contributed by atoms with Crippen LogP contribution in [0.25, 0.3) is 0 Å². The minimum atomic E-state index is 0.700. The van der Waals surface area contributed by atoms with Gasteiger partial charge in [0.25, 0.3) is 0 Å². The lowest BCUT2D eigenvalue weighted by atomic mass is 9.86. The van der Waals surface area contributed by atoms with Gasteiger partial charge in [-0.3, -0.25) is 0 Å². The molecule has 2 rings (SSSR count). The zero-order valence-electron chi connectivity index (χ0n) is 11.1. The van der Waals surface area contributed by atoms with Gasteiger partial charge in [0.15, 0.2) is 0 Å². The van der Waals surface area contributed by atoms with E-state index in [0.717, 1.165) is 11.8 Å². The van der Waals surface area contributed by atoms with Crippen LogP contribution in [0.2, 0.25) is 0 Å². The van der Waals surface area contributed by atoms with Gasteiger partial charge in [0.05, 0.1) is 0 Å². The Morgan fingerprint density at radius 2 is 1.81 bits per heavy atom. The molecule has 0 heteroatoms. The van der Waals surface area contributed by atoms with E-state index < -0.39 is 0 Å². The van der Waals surface area contributed by atoms with Gasteiger partial charge in [-0.25, -0.2) is 0 Å². The maximum absolute atomic E-state index is 2.40. The third-order valence-electron chi connectivity index (χ3n) is 4.38. The first-order chi connectivity index (χ1) is 7.65. The molecular formula is C16H24. The second-order valence-corrected chi connectivity index (χ2v) is 5.50. The van der Waals surface area contributed by atoms with Crippen LogP contribution in [0.4, 0.5) is 0 Å². The van der Waals surface area contributed by atoms with Gasteiger partial charge >= 0.3 is 0 Å². The number of hydrogen-bond acceptors (Lipinski definition) is 0. The van der Waals surface area contributed by atoms with E-state index in [4.69, 9.17) is 0 Å². The Labute approximate surface area is 100 Å². The molecule has 2 atom stereocenters. The standard InChI is InChI=1S/C16H24/c1-5-11(2)15-7-6-8-16(13(15)4)12(3)14-9-10-14/h6-8,11-12,14H,5,9-10H2,1-4H3. The van der Waals surface area contributed by atoms with E-state index in [1.54, 1.807) is 16.7 Å². The van der Waals surface area contributed by atoms with Crippen molar-refractivity contribution in [3.8, 4) is 0 Å². The van der Waals surface area contributed by atoms with Crippen molar-refractivity contribution in [2.45, 2.75) is 58.8 Å². The lowest BCUT2D eigenvalue weighted by Crippen LogP contribution is -2.03. The van der Waals surface area contributed by atoms with Gasteiger partial charge in [-0.15, -0.1) is 0 Å². The first-order valence-electron chi connectivity index (χ1n) is 6.74. The average molecular weight is 216 g/mol. The molecule has 0 spiro atoms. The van der Waals surface area contributed by atoms with Crippen LogP contribution >= 0.6 is 0 Å². The quantitative estimate of drug-likeness (QED) is 0.662. The molecule has 1 aromatic carbocycles. The Bertz CT molecular complexity index is 360. The Kier molecular flexibility index (Phi) is 3.37. The van der Waals surface area contributed by atoms with Gasteiger partial charge in [-0.1, -0.05) is 39.0 Å². The molecule has 1 aliphatic carbocycles. The van der Waals surface area contributed by atoms with Crippen LogP contribution < -0.4 is 0 Å². The minimum Gasteiger partial charge on any atom is -0.0648 e. The van der Waals surface area contributed by atoms with Crippen molar-refractivity contribution < 1.29 is 0 Å². The van der Waals surface area contributed by atoms with Gasteiger partial charge in [0.2, 0.25) is 0 Å². The third kappa shape index (κ3) is 2.16. The van der Waals surface area contributed by atoms with E-state index in [1.165, 1.54) is 19.3 Å². The molecule has 0 bridgehead atoms. The molecule has 0 nitrogen and oxygen atoms in total. The topological polar surface area (TPSA) is 0 Å². The number of benzene rings is 1. The van der Waals surface area contributed by atoms with E-state index in [9.17, 15) is 0 Å². The van der Waals surface area contributed by atoms with Gasteiger partial charge < -0.3 is 0 Å². The average Bonchev–Trinajstić information content (AvgIpc) is 3.11. The van der Waals surface area contributed by atoms with Crippen LogP contribution in [0.3, 0.4) is 0 Å². The fourth-order valence-electron chi connectivity index (χ4n) is 2.77. The number of rotatable bonds is 4. The van der Waals surface area contributed by atoms with E-state index >= 15 is 0 Å². The molecule has 2 unspecified atom stereocenters. The summed E-state index contributed by atoms with van der Waals surface area (Å²) in [6.07, 6.45) is 4.12. The molecule has 1 saturated carbocycles. The lowest BCUT2D eigenvalue weighted by molar-refractivity contribution is 0.652. The Hall–Kier alpha value is -0.780. The number of hydrogen-bond donors (Lipinski definition) is 0. The van der Waals surface area contributed by atoms with Crippen molar-refractivity contribution in [1.29, 1.82) is 0 Å². The molecular weight excluding hydrogens is 192 g/mol. The maximum Gasteiger partial charge on any atom is -0.0159 e.